The van der Waals surface area contributed by atoms with Crippen molar-refractivity contribution in [2.45, 2.75) is 25.3 Å². The summed E-state index contributed by atoms with van der Waals surface area (Å²) in [5, 5.41) is 3.59. The lowest BCUT2D eigenvalue weighted by Crippen LogP contribution is -2.27. The van der Waals surface area contributed by atoms with E-state index in [0.29, 0.717) is 11.7 Å². The molecule has 1 unspecified atom stereocenters. The third-order valence-corrected chi connectivity index (χ3v) is 4.06. The highest BCUT2D eigenvalue weighted by molar-refractivity contribution is 5.52. The predicted octanol–water partition coefficient (Wildman–Crippen LogP) is 2.41. The highest BCUT2D eigenvalue weighted by Crippen LogP contribution is 2.29. The molecule has 0 aromatic heterocycles. The molecule has 1 saturated carbocycles. The molecule has 4 heteroatoms. The molecule has 1 aliphatic heterocycles. The maximum absolute atomic E-state index is 13.4. The normalized spacial score (nSPS) is 22.8. The van der Waals surface area contributed by atoms with Crippen LogP contribution in [-0.2, 0) is 0 Å². The highest BCUT2D eigenvalue weighted by Gasteiger charge is 2.26. The van der Waals surface area contributed by atoms with Crippen LogP contribution in [0.2, 0.25) is 0 Å². The second-order valence-corrected chi connectivity index (χ2v) is 5.60. The number of anilines is 1. The van der Waals surface area contributed by atoms with Gasteiger partial charge < -0.3 is 15.0 Å². The van der Waals surface area contributed by atoms with Crippen LogP contribution in [0.1, 0.15) is 19.3 Å². The first-order valence-electron chi connectivity index (χ1n) is 7.08. The number of halogens is 1. The summed E-state index contributed by atoms with van der Waals surface area (Å²) in [6.07, 6.45) is 3.89. The number of benzene rings is 1. The molecule has 0 amide bonds. The smallest absolute Gasteiger partial charge is 0.165 e. The van der Waals surface area contributed by atoms with Crippen LogP contribution < -0.4 is 15.0 Å². The Kier molecular flexibility index (Phi) is 3.60. The van der Waals surface area contributed by atoms with E-state index in [1.54, 1.807) is 6.07 Å². The standard InChI is InChI=1S/C15H21FN2O/c1-19-15-8-13(4-5-14(15)16)18-7-6-11(10-18)9-17-12-2-3-12/h4-5,8,11-12,17H,2-3,6-7,9-10H2,1H3. The number of hydrogen-bond donors (Lipinski definition) is 1. The second kappa shape index (κ2) is 5.37. The number of hydrogen-bond acceptors (Lipinski definition) is 3. The molecule has 3 rings (SSSR count). The van der Waals surface area contributed by atoms with Gasteiger partial charge in [-0.15, -0.1) is 0 Å². The van der Waals surface area contributed by atoms with Gasteiger partial charge in [0.15, 0.2) is 11.6 Å². The minimum Gasteiger partial charge on any atom is -0.494 e. The number of nitrogens with one attached hydrogen (secondary N) is 1. The van der Waals surface area contributed by atoms with E-state index >= 15 is 0 Å². The Balaban J connectivity index is 1.59. The average molecular weight is 264 g/mol. The Morgan fingerprint density at radius 1 is 1.37 bits per heavy atom. The number of methoxy groups -OCH3 is 1. The molecule has 19 heavy (non-hydrogen) atoms. The van der Waals surface area contributed by atoms with Crippen molar-refractivity contribution in [3.8, 4) is 5.75 Å². The fourth-order valence-corrected chi connectivity index (χ4v) is 2.70. The monoisotopic (exact) mass is 264 g/mol. The molecule has 2 aliphatic rings. The van der Waals surface area contributed by atoms with E-state index in [-0.39, 0.29) is 5.82 Å². The zero-order chi connectivity index (χ0) is 13.2. The second-order valence-electron chi connectivity index (χ2n) is 5.60. The van der Waals surface area contributed by atoms with Gasteiger partial charge in [0.05, 0.1) is 7.11 Å². The van der Waals surface area contributed by atoms with Crippen LogP contribution in [0, 0.1) is 11.7 Å². The molecule has 104 valence electrons. The molecule has 0 spiro atoms. The maximum Gasteiger partial charge on any atom is 0.165 e. The average Bonchev–Trinajstić information content (AvgIpc) is 3.14. The molecule has 1 heterocycles. The van der Waals surface area contributed by atoms with Gasteiger partial charge in [0.2, 0.25) is 0 Å². The van der Waals surface area contributed by atoms with Gasteiger partial charge >= 0.3 is 0 Å². The van der Waals surface area contributed by atoms with E-state index in [0.717, 1.165) is 31.4 Å². The first-order valence-corrected chi connectivity index (χ1v) is 7.08. The molecule has 3 nitrogen and oxygen atoms in total. The Hall–Kier alpha value is -1.29. The summed E-state index contributed by atoms with van der Waals surface area (Å²) in [5.41, 5.74) is 1.06. The molecule has 1 N–H and O–H groups in total. The maximum atomic E-state index is 13.4. The topological polar surface area (TPSA) is 24.5 Å². The minimum atomic E-state index is -0.294. The lowest BCUT2D eigenvalue weighted by atomic mass is 10.1. The fraction of sp³-hybridized carbons (Fsp3) is 0.600. The molecule has 1 aromatic rings. The van der Waals surface area contributed by atoms with Gasteiger partial charge in [-0.1, -0.05) is 0 Å². The van der Waals surface area contributed by atoms with Crippen LogP contribution in [0.15, 0.2) is 18.2 Å². The molecular weight excluding hydrogens is 243 g/mol. The van der Waals surface area contributed by atoms with Crippen molar-refractivity contribution in [3.05, 3.63) is 24.0 Å². The summed E-state index contributed by atoms with van der Waals surface area (Å²) < 4.78 is 18.4. The van der Waals surface area contributed by atoms with Crippen LogP contribution in [0.5, 0.6) is 5.75 Å². The molecule has 1 aromatic carbocycles. The molecule has 1 saturated heterocycles. The fourth-order valence-electron chi connectivity index (χ4n) is 2.70. The lowest BCUT2D eigenvalue weighted by Gasteiger charge is -2.19. The highest BCUT2D eigenvalue weighted by atomic mass is 19.1. The van der Waals surface area contributed by atoms with E-state index < -0.39 is 0 Å². The Morgan fingerprint density at radius 2 is 2.21 bits per heavy atom. The largest absolute Gasteiger partial charge is 0.494 e. The van der Waals surface area contributed by atoms with Crippen LogP contribution in [0.25, 0.3) is 0 Å². The van der Waals surface area contributed by atoms with Crippen LogP contribution in [0.3, 0.4) is 0 Å². The summed E-state index contributed by atoms with van der Waals surface area (Å²) >= 11 is 0. The van der Waals surface area contributed by atoms with Crippen molar-refractivity contribution >= 4 is 5.69 Å². The van der Waals surface area contributed by atoms with E-state index in [1.165, 1.54) is 32.4 Å². The molecule has 0 bridgehead atoms. The zero-order valence-electron chi connectivity index (χ0n) is 11.4. The van der Waals surface area contributed by atoms with Gasteiger partial charge in [-0.3, -0.25) is 0 Å². The van der Waals surface area contributed by atoms with Crippen LogP contribution >= 0.6 is 0 Å². The van der Waals surface area contributed by atoms with Gasteiger partial charge in [0.25, 0.3) is 0 Å². The van der Waals surface area contributed by atoms with Crippen LogP contribution in [0.4, 0.5) is 10.1 Å². The van der Waals surface area contributed by atoms with Crippen molar-refractivity contribution < 1.29 is 9.13 Å². The Morgan fingerprint density at radius 3 is 2.95 bits per heavy atom. The first-order chi connectivity index (χ1) is 9.26. The predicted molar refractivity (Wildman–Crippen MR) is 74.3 cm³/mol. The SMILES string of the molecule is COc1cc(N2CCC(CNC3CC3)C2)ccc1F. The number of ether oxygens (including phenoxy) is 1. The summed E-state index contributed by atoms with van der Waals surface area (Å²) in [7, 11) is 1.51. The van der Waals surface area contributed by atoms with Gasteiger partial charge in [-0.05, 0) is 43.9 Å². The molecule has 0 radical (unpaired) electrons. The third kappa shape index (κ3) is 3.00. The van der Waals surface area contributed by atoms with Gasteiger partial charge in [0.1, 0.15) is 0 Å². The van der Waals surface area contributed by atoms with E-state index in [2.05, 4.69) is 10.2 Å². The number of rotatable bonds is 5. The lowest BCUT2D eigenvalue weighted by molar-refractivity contribution is 0.386. The van der Waals surface area contributed by atoms with Crippen molar-refractivity contribution in [2.24, 2.45) is 5.92 Å². The number of nitrogens with zero attached hydrogens (tertiary/aromatic N) is 1. The molecule has 1 atom stereocenters. The minimum absolute atomic E-state index is 0.294. The Bertz CT molecular complexity index is 448. The molecule has 1 aliphatic carbocycles. The summed E-state index contributed by atoms with van der Waals surface area (Å²) in [5.74, 6) is 0.742. The molecule has 2 fully saturated rings. The van der Waals surface area contributed by atoms with E-state index in [4.69, 9.17) is 4.74 Å². The van der Waals surface area contributed by atoms with Gasteiger partial charge in [-0.2, -0.15) is 0 Å². The van der Waals surface area contributed by atoms with Crippen LogP contribution in [-0.4, -0.2) is 32.8 Å². The quantitative estimate of drug-likeness (QED) is 0.884. The van der Waals surface area contributed by atoms with Crippen molar-refractivity contribution in [3.63, 3.8) is 0 Å². The van der Waals surface area contributed by atoms with Crippen molar-refractivity contribution in [1.82, 2.24) is 5.32 Å². The third-order valence-electron chi connectivity index (χ3n) is 4.06. The van der Waals surface area contributed by atoms with Gasteiger partial charge in [-0.25, -0.2) is 4.39 Å². The summed E-state index contributed by atoms with van der Waals surface area (Å²) in [6.45, 7) is 3.21. The van der Waals surface area contributed by atoms with E-state index in [1.807, 2.05) is 6.07 Å². The summed E-state index contributed by atoms with van der Waals surface area (Å²) in [6, 6.07) is 5.91. The first kappa shape index (κ1) is 12.7. The van der Waals surface area contributed by atoms with Gasteiger partial charge in [0, 0.05) is 30.9 Å². The summed E-state index contributed by atoms with van der Waals surface area (Å²) in [4.78, 5) is 2.32. The zero-order valence-corrected chi connectivity index (χ0v) is 11.4. The van der Waals surface area contributed by atoms with E-state index in [9.17, 15) is 4.39 Å². The van der Waals surface area contributed by atoms with Crippen molar-refractivity contribution in [1.29, 1.82) is 0 Å². The van der Waals surface area contributed by atoms with Crippen molar-refractivity contribution in [2.75, 3.05) is 31.6 Å². The molecular formula is C15H21FN2O. The Labute approximate surface area is 113 Å².